The summed E-state index contributed by atoms with van der Waals surface area (Å²) in [7, 11) is 1.60. The molecule has 0 bridgehead atoms. The lowest BCUT2D eigenvalue weighted by molar-refractivity contribution is 0.134. The minimum atomic E-state index is -0.362. The molecule has 2 aromatic carbocycles. The van der Waals surface area contributed by atoms with E-state index in [0.717, 1.165) is 28.1 Å². The Bertz CT molecular complexity index is 1160. The molecule has 1 aliphatic rings. The molecule has 2 heterocycles. The van der Waals surface area contributed by atoms with Crippen molar-refractivity contribution in [3.8, 4) is 17.1 Å². The Labute approximate surface area is 193 Å². The fourth-order valence-electron chi connectivity index (χ4n) is 3.86. The van der Waals surface area contributed by atoms with Gasteiger partial charge in [-0.3, -0.25) is 4.90 Å². The van der Waals surface area contributed by atoms with Gasteiger partial charge in [0.1, 0.15) is 5.75 Å². The number of carbonyl (C=O) groups excluding carboxylic acids is 1. The number of urea groups is 1. The number of nitrogens with one attached hydrogen (secondary N) is 2. The van der Waals surface area contributed by atoms with E-state index in [1.54, 1.807) is 18.2 Å². The van der Waals surface area contributed by atoms with Crippen LogP contribution in [0.5, 0.6) is 5.75 Å². The summed E-state index contributed by atoms with van der Waals surface area (Å²) in [5.74, 6) is 1.20. The van der Waals surface area contributed by atoms with Crippen molar-refractivity contribution in [3.63, 3.8) is 0 Å². The van der Waals surface area contributed by atoms with Crippen LogP contribution in [0.25, 0.3) is 11.3 Å². The van der Waals surface area contributed by atoms with Crippen molar-refractivity contribution in [2.75, 3.05) is 30.5 Å². The maximum Gasteiger partial charge on any atom is 0.322 e. The average molecular weight is 451 g/mol. The van der Waals surface area contributed by atoms with Gasteiger partial charge >= 0.3 is 6.03 Å². The van der Waals surface area contributed by atoms with Gasteiger partial charge in [0, 0.05) is 30.5 Å². The number of benzene rings is 2. The maximum absolute atomic E-state index is 12.5. The van der Waals surface area contributed by atoms with Crippen LogP contribution < -0.4 is 20.3 Å². The number of hydrogen-bond acceptors (Lipinski definition) is 6. The Hall–Kier alpha value is -3.52. The van der Waals surface area contributed by atoms with E-state index in [1.807, 2.05) is 64.1 Å². The molecule has 0 unspecified atom stereocenters. The third-order valence-electron chi connectivity index (χ3n) is 5.67. The molecule has 3 aromatic rings. The van der Waals surface area contributed by atoms with Gasteiger partial charge in [0.2, 0.25) is 0 Å². The third kappa shape index (κ3) is 4.80. The first-order valence-corrected chi connectivity index (χ1v) is 11.0. The van der Waals surface area contributed by atoms with Gasteiger partial charge in [0.15, 0.2) is 5.76 Å². The number of anilines is 3. The van der Waals surface area contributed by atoms with Gasteiger partial charge in [-0.25, -0.2) is 9.78 Å². The van der Waals surface area contributed by atoms with Crippen LogP contribution in [0.2, 0.25) is 0 Å². The number of amides is 2. The maximum atomic E-state index is 12.5. The monoisotopic (exact) mass is 450 g/mol. The lowest BCUT2D eigenvalue weighted by Crippen LogP contribution is -2.42. The predicted octanol–water partition coefficient (Wildman–Crippen LogP) is 5.25. The fourth-order valence-corrected chi connectivity index (χ4v) is 3.86. The number of rotatable bonds is 8. The Morgan fingerprint density at radius 3 is 2.76 bits per heavy atom. The second kappa shape index (κ2) is 9.15. The van der Waals surface area contributed by atoms with Crippen molar-refractivity contribution in [2.45, 2.75) is 39.8 Å². The van der Waals surface area contributed by atoms with Crippen LogP contribution >= 0.6 is 0 Å². The fraction of sp³-hybridized carbons (Fsp3) is 0.360. The van der Waals surface area contributed by atoms with E-state index < -0.39 is 0 Å². The molecule has 0 aliphatic carbocycles. The summed E-state index contributed by atoms with van der Waals surface area (Å²) in [6.07, 6.45) is 1.66. The lowest BCUT2D eigenvalue weighted by atomic mass is 10.0. The summed E-state index contributed by atoms with van der Waals surface area (Å²) in [6.45, 7) is 9.81. The summed E-state index contributed by atoms with van der Waals surface area (Å²) in [4.78, 5) is 18.6. The molecule has 1 aromatic heterocycles. The van der Waals surface area contributed by atoms with Crippen molar-refractivity contribution in [1.82, 2.24) is 10.3 Å². The third-order valence-corrected chi connectivity index (χ3v) is 5.67. The van der Waals surface area contributed by atoms with Crippen LogP contribution in [0, 0.1) is 6.92 Å². The highest BCUT2D eigenvalue weighted by Crippen LogP contribution is 2.36. The Morgan fingerprint density at radius 1 is 1.24 bits per heavy atom. The highest BCUT2D eigenvalue weighted by atomic mass is 16.5. The SMILES string of the molecule is CCOCc1ccc(C)c(Nc2ncc(-c3cc(OC)cc(N4C(=O)NCC4(C)C)c3)o2)c1. The Balaban J connectivity index is 1.62. The summed E-state index contributed by atoms with van der Waals surface area (Å²) in [5, 5.41) is 6.16. The zero-order chi connectivity index (χ0) is 23.6. The smallest absolute Gasteiger partial charge is 0.322 e. The number of aromatic nitrogens is 1. The van der Waals surface area contributed by atoms with Crippen molar-refractivity contribution < 1.29 is 18.7 Å². The first-order valence-electron chi connectivity index (χ1n) is 11.0. The molecule has 8 nitrogen and oxygen atoms in total. The normalized spacial score (nSPS) is 14.9. The van der Waals surface area contributed by atoms with Crippen LogP contribution in [0.1, 0.15) is 31.9 Å². The van der Waals surface area contributed by atoms with Crippen LogP contribution in [0.3, 0.4) is 0 Å². The van der Waals surface area contributed by atoms with Crippen LogP contribution in [0.4, 0.5) is 22.2 Å². The molecule has 174 valence electrons. The molecular weight excluding hydrogens is 420 g/mol. The zero-order valence-electron chi connectivity index (χ0n) is 19.7. The van der Waals surface area contributed by atoms with Crippen LogP contribution in [0.15, 0.2) is 47.0 Å². The molecule has 2 amide bonds. The minimum Gasteiger partial charge on any atom is -0.497 e. The number of carbonyl (C=O) groups is 1. The molecule has 0 radical (unpaired) electrons. The van der Waals surface area contributed by atoms with E-state index in [1.165, 1.54) is 0 Å². The van der Waals surface area contributed by atoms with Crippen molar-refractivity contribution in [1.29, 1.82) is 0 Å². The van der Waals surface area contributed by atoms with Crippen LogP contribution in [-0.4, -0.2) is 36.8 Å². The zero-order valence-corrected chi connectivity index (χ0v) is 19.7. The van der Waals surface area contributed by atoms with Gasteiger partial charge < -0.3 is 24.5 Å². The van der Waals surface area contributed by atoms with Gasteiger partial charge in [0.05, 0.1) is 31.1 Å². The Kier molecular flexibility index (Phi) is 6.29. The van der Waals surface area contributed by atoms with E-state index in [2.05, 4.69) is 15.6 Å². The van der Waals surface area contributed by atoms with E-state index >= 15 is 0 Å². The van der Waals surface area contributed by atoms with Gasteiger partial charge in [-0.2, -0.15) is 0 Å². The first kappa shape index (κ1) is 22.7. The molecule has 8 heteroatoms. The molecule has 2 N–H and O–H groups in total. The lowest BCUT2D eigenvalue weighted by Gasteiger charge is -2.30. The Morgan fingerprint density at radius 2 is 2.06 bits per heavy atom. The standard InChI is InChI=1S/C25H30N4O4/c1-6-32-14-17-8-7-16(2)21(9-17)28-23-26-13-22(33-23)18-10-19(12-20(11-18)31-5)29-24(30)27-15-25(29,3)4/h7-13H,6,14-15H2,1-5H3,(H,26,28)(H,27,30). The highest BCUT2D eigenvalue weighted by molar-refractivity contribution is 5.96. The summed E-state index contributed by atoms with van der Waals surface area (Å²) in [6, 6.07) is 12.0. The number of methoxy groups -OCH3 is 1. The molecule has 0 saturated carbocycles. The largest absolute Gasteiger partial charge is 0.497 e. The highest BCUT2D eigenvalue weighted by Gasteiger charge is 2.39. The second-order valence-electron chi connectivity index (χ2n) is 8.67. The molecular formula is C25H30N4O4. The van der Waals surface area contributed by atoms with Crippen molar-refractivity contribution in [3.05, 3.63) is 53.7 Å². The number of oxazole rings is 1. The molecule has 1 fully saturated rings. The van der Waals surface area contributed by atoms with Gasteiger partial charge in [-0.1, -0.05) is 12.1 Å². The summed E-state index contributed by atoms with van der Waals surface area (Å²) in [5.41, 5.74) is 4.18. The molecule has 1 saturated heterocycles. The molecule has 4 rings (SSSR count). The number of aryl methyl sites for hydroxylation is 1. The minimum absolute atomic E-state index is 0.137. The molecule has 0 atom stereocenters. The average Bonchev–Trinajstić information content (AvgIpc) is 3.37. The number of ether oxygens (including phenoxy) is 2. The van der Waals surface area contributed by atoms with E-state index in [9.17, 15) is 4.79 Å². The quantitative estimate of drug-likeness (QED) is 0.487. The predicted molar refractivity (Wildman–Crippen MR) is 128 cm³/mol. The molecule has 0 spiro atoms. The van der Waals surface area contributed by atoms with Gasteiger partial charge in [-0.05, 0) is 57.0 Å². The second-order valence-corrected chi connectivity index (χ2v) is 8.67. The molecule has 33 heavy (non-hydrogen) atoms. The van der Waals surface area contributed by atoms with Crippen LogP contribution in [-0.2, 0) is 11.3 Å². The van der Waals surface area contributed by atoms with Crippen molar-refractivity contribution in [2.24, 2.45) is 0 Å². The van der Waals surface area contributed by atoms with E-state index in [-0.39, 0.29) is 11.6 Å². The van der Waals surface area contributed by atoms with Gasteiger partial charge in [0.25, 0.3) is 6.01 Å². The number of nitrogens with zero attached hydrogens (tertiary/aromatic N) is 2. The van der Waals surface area contributed by atoms with Crippen molar-refractivity contribution >= 4 is 23.4 Å². The summed E-state index contributed by atoms with van der Waals surface area (Å²) >= 11 is 0. The van der Waals surface area contributed by atoms with E-state index in [0.29, 0.717) is 37.3 Å². The first-order chi connectivity index (χ1) is 15.8. The van der Waals surface area contributed by atoms with Gasteiger partial charge in [-0.15, -0.1) is 0 Å². The topological polar surface area (TPSA) is 88.9 Å². The van der Waals surface area contributed by atoms with E-state index in [4.69, 9.17) is 13.9 Å². The molecule has 1 aliphatic heterocycles. The number of hydrogen-bond donors (Lipinski definition) is 2. The summed E-state index contributed by atoms with van der Waals surface area (Å²) < 4.78 is 17.0.